The van der Waals surface area contributed by atoms with Crippen LogP contribution in [0.5, 0.6) is 0 Å². The van der Waals surface area contributed by atoms with E-state index in [1.54, 1.807) is 29.1 Å². The second-order valence-electron chi connectivity index (χ2n) is 6.19. The molecular weight excluding hydrogens is 288 g/mol. The normalized spacial score (nSPS) is 16.5. The van der Waals surface area contributed by atoms with E-state index in [0.29, 0.717) is 17.9 Å². The zero-order chi connectivity index (χ0) is 16.6. The van der Waals surface area contributed by atoms with Crippen molar-refractivity contribution < 1.29 is 4.79 Å². The van der Waals surface area contributed by atoms with E-state index in [4.69, 9.17) is 6.42 Å². The fourth-order valence-corrected chi connectivity index (χ4v) is 2.47. The monoisotopic (exact) mass is 306 g/mol. The van der Waals surface area contributed by atoms with Crippen LogP contribution in [0.25, 0.3) is 11.3 Å². The Kier molecular flexibility index (Phi) is 3.53. The molecule has 0 atom stereocenters. The molecule has 1 aliphatic carbocycles. The smallest absolute Gasteiger partial charge is 0.320 e. The largest absolute Gasteiger partial charge is 0.324 e. The van der Waals surface area contributed by atoms with Gasteiger partial charge in [-0.2, -0.15) is 0 Å². The van der Waals surface area contributed by atoms with Crippen molar-refractivity contribution in [1.82, 2.24) is 14.9 Å². The van der Waals surface area contributed by atoms with Crippen LogP contribution in [0, 0.1) is 12.3 Å². The summed E-state index contributed by atoms with van der Waals surface area (Å²) in [5.74, 6) is 2.51. The number of hydrogen-bond acceptors (Lipinski definition) is 3. The number of rotatable bonds is 1. The fourth-order valence-electron chi connectivity index (χ4n) is 2.47. The van der Waals surface area contributed by atoms with Gasteiger partial charge in [0, 0.05) is 25.0 Å². The highest BCUT2D eigenvalue weighted by Crippen LogP contribution is 2.30. The van der Waals surface area contributed by atoms with Crippen molar-refractivity contribution in [2.24, 2.45) is 0 Å². The molecule has 0 N–H and O–H groups in total. The molecule has 3 aliphatic rings. The number of anilines is 1. The molecule has 4 rings (SSSR count). The molecule has 0 unspecified atom stereocenters. The van der Waals surface area contributed by atoms with E-state index in [0.717, 1.165) is 0 Å². The number of hydrogen-bond donors (Lipinski definition) is 0. The second kappa shape index (κ2) is 5.40. The third-order valence-electron chi connectivity index (χ3n) is 4.24. The highest BCUT2D eigenvalue weighted by Gasteiger charge is 2.41. The third kappa shape index (κ3) is 2.53. The molecule has 1 fully saturated rings. The van der Waals surface area contributed by atoms with E-state index in [9.17, 15) is 4.79 Å². The molecule has 0 bridgehead atoms. The van der Waals surface area contributed by atoms with Gasteiger partial charge in [-0.25, -0.2) is 9.78 Å². The van der Waals surface area contributed by atoms with Crippen LogP contribution in [0.2, 0.25) is 0 Å². The molecule has 5 nitrogen and oxygen atoms in total. The highest BCUT2D eigenvalue weighted by atomic mass is 16.2. The maximum atomic E-state index is 12.1. The van der Waals surface area contributed by atoms with Crippen molar-refractivity contribution in [3.63, 3.8) is 0 Å². The minimum absolute atomic E-state index is 0.0421. The number of pyridine rings is 2. The molecule has 0 saturated carbocycles. The van der Waals surface area contributed by atoms with Crippen molar-refractivity contribution in [3.8, 4) is 23.6 Å². The quantitative estimate of drug-likeness (QED) is 0.650. The minimum Gasteiger partial charge on any atom is -0.320 e. The highest BCUT2D eigenvalue weighted by molar-refractivity contribution is 5.96. The maximum Gasteiger partial charge on any atom is 0.324 e. The molecule has 2 aliphatic heterocycles. The molecule has 0 radical (unpaired) electrons. The number of carbonyl (C=O) groups is 1. The van der Waals surface area contributed by atoms with Gasteiger partial charge in [0.2, 0.25) is 0 Å². The molecule has 0 spiro atoms. The van der Waals surface area contributed by atoms with E-state index in [2.05, 4.69) is 22.0 Å². The predicted molar refractivity (Wildman–Crippen MR) is 90.0 cm³/mol. The van der Waals surface area contributed by atoms with E-state index in [1.807, 2.05) is 32.2 Å². The lowest BCUT2D eigenvalue weighted by atomic mass is 10.1. The Bertz CT molecular complexity index is 768. The zero-order valence-corrected chi connectivity index (χ0v) is 13.4. The van der Waals surface area contributed by atoms with Gasteiger partial charge >= 0.3 is 6.03 Å². The van der Waals surface area contributed by atoms with Crippen LogP contribution in [-0.4, -0.2) is 40.0 Å². The SMILES string of the molecule is C#Cc1ncccc1N1CC(C)(C)N(C)C1=O.c1cc2ncc1-2. The predicted octanol–water partition coefficient (Wildman–Crippen LogP) is 2.78. The van der Waals surface area contributed by atoms with Crippen LogP contribution < -0.4 is 4.90 Å². The summed E-state index contributed by atoms with van der Waals surface area (Å²) in [6.45, 7) is 4.66. The van der Waals surface area contributed by atoms with E-state index in [1.165, 1.54) is 11.3 Å². The molecule has 5 heteroatoms. The topological polar surface area (TPSA) is 49.3 Å². The molecular formula is C18H18N4O. The molecule has 1 aromatic rings. The first-order valence-electron chi connectivity index (χ1n) is 7.37. The Morgan fingerprint density at radius 1 is 1.26 bits per heavy atom. The molecule has 1 aromatic heterocycles. The lowest BCUT2D eigenvalue weighted by molar-refractivity contribution is 0.198. The Hall–Kier alpha value is -2.87. The summed E-state index contributed by atoms with van der Waals surface area (Å²) >= 11 is 0. The van der Waals surface area contributed by atoms with E-state index in [-0.39, 0.29) is 11.6 Å². The number of likely N-dealkylation sites (N-methyl/N-ethyl adjacent to an activating group) is 1. The van der Waals surface area contributed by atoms with E-state index >= 15 is 0 Å². The van der Waals surface area contributed by atoms with Crippen molar-refractivity contribution in [2.45, 2.75) is 19.4 Å². The number of carbonyl (C=O) groups excluding carboxylic acids is 1. The minimum atomic E-state index is -0.196. The van der Waals surface area contributed by atoms with Crippen LogP contribution >= 0.6 is 0 Å². The van der Waals surface area contributed by atoms with Gasteiger partial charge in [-0.3, -0.25) is 9.88 Å². The molecule has 1 saturated heterocycles. The second-order valence-corrected chi connectivity index (χ2v) is 6.19. The van der Waals surface area contributed by atoms with Crippen LogP contribution in [0.4, 0.5) is 10.5 Å². The molecule has 3 heterocycles. The summed E-state index contributed by atoms with van der Waals surface area (Å²) in [6, 6.07) is 7.64. The summed E-state index contributed by atoms with van der Waals surface area (Å²) in [5.41, 5.74) is 3.51. The van der Waals surface area contributed by atoms with Gasteiger partial charge in [0.05, 0.1) is 23.5 Å². The van der Waals surface area contributed by atoms with E-state index < -0.39 is 0 Å². The lowest BCUT2D eigenvalue weighted by Crippen LogP contribution is -2.38. The van der Waals surface area contributed by atoms with Gasteiger partial charge < -0.3 is 4.90 Å². The third-order valence-corrected chi connectivity index (χ3v) is 4.24. The fraction of sp³-hybridized carbons (Fsp3) is 0.278. The van der Waals surface area contributed by atoms with Gasteiger partial charge in [0.25, 0.3) is 0 Å². The summed E-state index contributed by atoms with van der Waals surface area (Å²) in [5, 5.41) is 0. The van der Waals surface area contributed by atoms with Gasteiger partial charge in [0.15, 0.2) is 0 Å². The van der Waals surface area contributed by atoms with Gasteiger partial charge in [0.1, 0.15) is 5.69 Å². The van der Waals surface area contributed by atoms with Gasteiger partial charge in [-0.1, -0.05) is 0 Å². The number of nitrogens with zero attached hydrogens (tertiary/aromatic N) is 4. The summed E-state index contributed by atoms with van der Waals surface area (Å²) in [6.07, 6.45) is 8.91. The Balaban J connectivity index is 0.000000213. The Morgan fingerprint density at radius 3 is 2.39 bits per heavy atom. The number of aromatic nitrogens is 2. The number of amides is 2. The number of terminal acetylenes is 1. The average molecular weight is 306 g/mol. The Labute approximate surface area is 136 Å². The van der Waals surface area contributed by atoms with Crippen LogP contribution in [0.15, 0.2) is 36.7 Å². The average Bonchev–Trinajstić information content (AvgIpc) is 2.74. The maximum absolute atomic E-state index is 12.1. The van der Waals surface area contributed by atoms with Gasteiger partial charge in [-0.05, 0) is 44.0 Å². The number of urea groups is 1. The zero-order valence-electron chi connectivity index (χ0n) is 13.4. The van der Waals surface area contributed by atoms with Crippen molar-refractivity contribution >= 4 is 11.7 Å². The Morgan fingerprint density at radius 2 is 2.00 bits per heavy atom. The van der Waals surface area contributed by atoms with Crippen molar-refractivity contribution in [3.05, 3.63) is 42.4 Å². The first kappa shape index (κ1) is 15.0. The molecule has 116 valence electrons. The first-order chi connectivity index (χ1) is 10.9. The van der Waals surface area contributed by atoms with Crippen molar-refractivity contribution in [2.75, 3.05) is 18.5 Å². The van der Waals surface area contributed by atoms with Crippen molar-refractivity contribution in [1.29, 1.82) is 0 Å². The van der Waals surface area contributed by atoms with Gasteiger partial charge in [-0.15, -0.1) is 6.42 Å². The number of fused-ring (bicyclic) bond motifs is 1. The molecule has 23 heavy (non-hydrogen) atoms. The lowest BCUT2D eigenvalue weighted by Gasteiger charge is -2.24. The summed E-state index contributed by atoms with van der Waals surface area (Å²) in [7, 11) is 1.80. The molecule has 0 aromatic carbocycles. The first-order valence-corrected chi connectivity index (χ1v) is 7.37. The van der Waals surface area contributed by atoms with Crippen LogP contribution in [-0.2, 0) is 0 Å². The molecule has 2 amide bonds. The van der Waals surface area contributed by atoms with Crippen LogP contribution in [0.1, 0.15) is 19.5 Å². The van der Waals surface area contributed by atoms with Crippen LogP contribution in [0.3, 0.4) is 0 Å². The summed E-state index contributed by atoms with van der Waals surface area (Å²) in [4.78, 5) is 23.6. The standard InChI is InChI=1S/C13H15N3O.C5H3N/c1-5-10-11(7-6-8-14-10)16-9-13(2,3)15(4)12(16)17;1-2-5-4(1)3-6-5/h1,6-8H,9H2,2-4H3;1-3H. The summed E-state index contributed by atoms with van der Waals surface area (Å²) < 4.78 is 0.